The van der Waals surface area contributed by atoms with Crippen LogP contribution in [0.15, 0.2) is 18.2 Å². The van der Waals surface area contributed by atoms with E-state index in [0.29, 0.717) is 12.8 Å². The molecule has 96 valence electrons. The van der Waals surface area contributed by atoms with Gasteiger partial charge in [-0.05, 0) is 44.2 Å². The molecule has 2 rings (SSSR count). The number of piperidine rings is 1. The highest BCUT2D eigenvalue weighted by atomic mass is 16.2. The standard InChI is InChI=1S/C15H19NO2/c1-10-3-4-11(2)13(9-10)6-5-12-7-8-14(17)16-15(12)18/h3-4,9,12H,5-8H2,1-2H3,(H,16,17,18). The molecule has 18 heavy (non-hydrogen) atoms. The number of amides is 2. The molecule has 3 nitrogen and oxygen atoms in total. The summed E-state index contributed by atoms with van der Waals surface area (Å²) in [6.07, 6.45) is 2.89. The summed E-state index contributed by atoms with van der Waals surface area (Å²) in [6, 6.07) is 6.40. The fourth-order valence-electron chi connectivity index (χ4n) is 2.41. The van der Waals surface area contributed by atoms with Crippen molar-refractivity contribution in [2.45, 2.75) is 39.5 Å². The largest absolute Gasteiger partial charge is 0.296 e. The lowest BCUT2D eigenvalue weighted by Crippen LogP contribution is -2.40. The number of carbonyl (C=O) groups excluding carboxylic acids is 2. The van der Waals surface area contributed by atoms with Gasteiger partial charge in [-0.3, -0.25) is 14.9 Å². The molecule has 0 aromatic heterocycles. The summed E-state index contributed by atoms with van der Waals surface area (Å²) in [7, 11) is 0. The van der Waals surface area contributed by atoms with Crippen LogP contribution in [-0.4, -0.2) is 11.8 Å². The van der Waals surface area contributed by atoms with Crippen LogP contribution in [0.5, 0.6) is 0 Å². The molecule has 2 amide bonds. The SMILES string of the molecule is Cc1ccc(C)c(CCC2CCC(=O)NC2=O)c1. The molecule has 1 unspecified atom stereocenters. The Morgan fingerprint density at radius 2 is 2.06 bits per heavy atom. The third-order valence-corrected chi connectivity index (χ3v) is 3.62. The van der Waals surface area contributed by atoms with E-state index in [2.05, 4.69) is 37.4 Å². The maximum absolute atomic E-state index is 11.6. The van der Waals surface area contributed by atoms with Gasteiger partial charge in [0.25, 0.3) is 0 Å². The molecule has 1 atom stereocenters. The third-order valence-electron chi connectivity index (χ3n) is 3.62. The van der Waals surface area contributed by atoms with Crippen molar-refractivity contribution >= 4 is 11.8 Å². The highest BCUT2D eigenvalue weighted by Gasteiger charge is 2.26. The topological polar surface area (TPSA) is 46.2 Å². The molecule has 0 spiro atoms. The van der Waals surface area contributed by atoms with E-state index in [9.17, 15) is 9.59 Å². The van der Waals surface area contributed by atoms with Gasteiger partial charge in [-0.1, -0.05) is 23.8 Å². The second kappa shape index (κ2) is 5.34. The van der Waals surface area contributed by atoms with Crippen molar-refractivity contribution in [3.05, 3.63) is 34.9 Å². The average molecular weight is 245 g/mol. The molecule has 0 bridgehead atoms. The van der Waals surface area contributed by atoms with Crippen LogP contribution in [0, 0.1) is 19.8 Å². The Hall–Kier alpha value is -1.64. The van der Waals surface area contributed by atoms with Crippen LogP contribution in [0.1, 0.15) is 36.0 Å². The Morgan fingerprint density at radius 3 is 2.78 bits per heavy atom. The van der Waals surface area contributed by atoms with Gasteiger partial charge in [-0.2, -0.15) is 0 Å². The monoisotopic (exact) mass is 245 g/mol. The van der Waals surface area contributed by atoms with Gasteiger partial charge in [0, 0.05) is 12.3 Å². The summed E-state index contributed by atoms with van der Waals surface area (Å²) in [5, 5.41) is 2.41. The Bertz CT molecular complexity index is 479. The number of benzene rings is 1. The Balaban J connectivity index is 1.97. The van der Waals surface area contributed by atoms with E-state index in [-0.39, 0.29) is 17.7 Å². The predicted molar refractivity (Wildman–Crippen MR) is 70.1 cm³/mol. The van der Waals surface area contributed by atoms with E-state index < -0.39 is 0 Å². The molecule has 1 heterocycles. The summed E-state index contributed by atoms with van der Waals surface area (Å²) in [6.45, 7) is 4.17. The number of carbonyl (C=O) groups is 2. The predicted octanol–water partition coefficient (Wildman–Crippen LogP) is 2.29. The van der Waals surface area contributed by atoms with E-state index in [0.717, 1.165) is 12.8 Å². The molecule has 0 radical (unpaired) electrons. The van der Waals surface area contributed by atoms with Crippen molar-refractivity contribution in [1.29, 1.82) is 0 Å². The molecule has 1 aliphatic heterocycles. The van der Waals surface area contributed by atoms with Gasteiger partial charge in [0.05, 0.1) is 0 Å². The minimum absolute atomic E-state index is 0.0115. The number of aryl methyl sites for hydroxylation is 3. The first-order chi connectivity index (χ1) is 8.56. The first-order valence-electron chi connectivity index (χ1n) is 6.46. The van der Waals surface area contributed by atoms with Crippen LogP contribution in [0.2, 0.25) is 0 Å². The Morgan fingerprint density at radius 1 is 1.28 bits per heavy atom. The maximum Gasteiger partial charge on any atom is 0.229 e. The van der Waals surface area contributed by atoms with E-state index >= 15 is 0 Å². The van der Waals surface area contributed by atoms with Gasteiger partial charge in [0.15, 0.2) is 0 Å². The van der Waals surface area contributed by atoms with Crippen molar-refractivity contribution in [2.24, 2.45) is 5.92 Å². The third kappa shape index (κ3) is 2.97. The lowest BCUT2D eigenvalue weighted by atomic mass is 9.90. The smallest absolute Gasteiger partial charge is 0.229 e. The number of nitrogens with one attached hydrogen (secondary N) is 1. The molecule has 1 aliphatic rings. The molecule has 0 saturated carbocycles. The minimum Gasteiger partial charge on any atom is -0.296 e. The van der Waals surface area contributed by atoms with Gasteiger partial charge in [-0.15, -0.1) is 0 Å². The van der Waals surface area contributed by atoms with Crippen molar-refractivity contribution in [3.63, 3.8) is 0 Å². The van der Waals surface area contributed by atoms with Gasteiger partial charge < -0.3 is 0 Å². The summed E-state index contributed by atoms with van der Waals surface area (Å²) in [5.41, 5.74) is 3.83. The van der Waals surface area contributed by atoms with Crippen LogP contribution in [0.3, 0.4) is 0 Å². The average Bonchev–Trinajstić information content (AvgIpc) is 2.32. The van der Waals surface area contributed by atoms with Crippen LogP contribution in [0.4, 0.5) is 0 Å². The molecule has 3 heteroatoms. The number of hydrogen-bond donors (Lipinski definition) is 1. The van der Waals surface area contributed by atoms with E-state index in [1.54, 1.807) is 0 Å². The molecule has 1 aromatic rings. The number of rotatable bonds is 3. The molecule has 1 aromatic carbocycles. The van der Waals surface area contributed by atoms with E-state index in [1.165, 1.54) is 16.7 Å². The van der Waals surface area contributed by atoms with Crippen molar-refractivity contribution in [1.82, 2.24) is 5.32 Å². The Kier molecular flexibility index (Phi) is 3.80. The molecule has 0 aliphatic carbocycles. The van der Waals surface area contributed by atoms with E-state index in [1.807, 2.05) is 0 Å². The molecule has 1 saturated heterocycles. The summed E-state index contributed by atoms with van der Waals surface area (Å²) >= 11 is 0. The molecule has 1 N–H and O–H groups in total. The Labute approximate surface area is 108 Å². The normalized spacial score (nSPS) is 19.8. The zero-order chi connectivity index (χ0) is 13.1. The van der Waals surface area contributed by atoms with Crippen LogP contribution < -0.4 is 5.32 Å². The zero-order valence-corrected chi connectivity index (χ0v) is 11.0. The molecule has 1 fully saturated rings. The van der Waals surface area contributed by atoms with Crippen LogP contribution >= 0.6 is 0 Å². The second-order valence-electron chi connectivity index (χ2n) is 5.12. The summed E-state index contributed by atoms with van der Waals surface area (Å²) in [4.78, 5) is 22.7. The van der Waals surface area contributed by atoms with Crippen LogP contribution in [0.25, 0.3) is 0 Å². The highest BCUT2D eigenvalue weighted by Crippen LogP contribution is 2.20. The molecular weight excluding hydrogens is 226 g/mol. The fourth-order valence-corrected chi connectivity index (χ4v) is 2.41. The van der Waals surface area contributed by atoms with Gasteiger partial charge in [0.2, 0.25) is 11.8 Å². The lowest BCUT2D eigenvalue weighted by molar-refractivity contribution is -0.136. The highest BCUT2D eigenvalue weighted by molar-refractivity contribution is 5.98. The van der Waals surface area contributed by atoms with Gasteiger partial charge in [-0.25, -0.2) is 0 Å². The van der Waals surface area contributed by atoms with Gasteiger partial charge >= 0.3 is 0 Å². The summed E-state index contributed by atoms with van der Waals surface area (Å²) < 4.78 is 0. The van der Waals surface area contributed by atoms with Gasteiger partial charge in [0.1, 0.15) is 0 Å². The summed E-state index contributed by atoms with van der Waals surface area (Å²) in [5.74, 6) is -0.248. The second-order valence-corrected chi connectivity index (χ2v) is 5.12. The maximum atomic E-state index is 11.6. The number of hydrogen-bond acceptors (Lipinski definition) is 2. The van der Waals surface area contributed by atoms with Crippen LogP contribution in [-0.2, 0) is 16.0 Å². The lowest BCUT2D eigenvalue weighted by Gasteiger charge is -2.21. The number of imide groups is 1. The van der Waals surface area contributed by atoms with Crippen molar-refractivity contribution in [3.8, 4) is 0 Å². The minimum atomic E-state index is -0.136. The fraction of sp³-hybridized carbons (Fsp3) is 0.467. The molecular formula is C15H19NO2. The van der Waals surface area contributed by atoms with Crippen molar-refractivity contribution < 1.29 is 9.59 Å². The zero-order valence-electron chi connectivity index (χ0n) is 11.0. The van der Waals surface area contributed by atoms with Crippen molar-refractivity contribution in [2.75, 3.05) is 0 Å². The first kappa shape index (κ1) is 12.8. The van der Waals surface area contributed by atoms with E-state index in [4.69, 9.17) is 0 Å². The first-order valence-corrected chi connectivity index (χ1v) is 6.46. The quantitative estimate of drug-likeness (QED) is 0.830.